The van der Waals surface area contributed by atoms with Gasteiger partial charge in [0.2, 0.25) is 0 Å². The van der Waals surface area contributed by atoms with Gasteiger partial charge in [0.25, 0.3) is 0 Å². The smallest absolute Gasteiger partial charge is 0.145 e. The number of aryl methyl sites for hydroxylation is 1. The van der Waals surface area contributed by atoms with Crippen LogP contribution in [0.15, 0.2) is 73.4 Å². The molecule has 0 aliphatic heterocycles. The number of nitrogens with zero attached hydrogens (tertiary/aromatic N) is 4. The number of aromatic nitrogens is 4. The van der Waals surface area contributed by atoms with Gasteiger partial charge in [0.1, 0.15) is 17.3 Å². The minimum absolute atomic E-state index is 0.240. The van der Waals surface area contributed by atoms with E-state index in [9.17, 15) is 4.39 Å². The first-order chi connectivity index (χ1) is 13.2. The maximum atomic E-state index is 13.0. The summed E-state index contributed by atoms with van der Waals surface area (Å²) in [6.07, 6.45) is 9.46. The van der Waals surface area contributed by atoms with Crippen molar-refractivity contribution in [3.63, 3.8) is 0 Å². The number of rotatable bonds is 5. The monoisotopic (exact) mass is 360 g/mol. The van der Waals surface area contributed by atoms with Crippen LogP contribution in [0.3, 0.4) is 0 Å². The molecule has 0 amide bonds. The first-order valence-electron chi connectivity index (χ1n) is 8.47. The lowest BCUT2D eigenvalue weighted by molar-refractivity contribution is 0.479. The number of benzene rings is 1. The highest BCUT2D eigenvalue weighted by Crippen LogP contribution is 2.26. The van der Waals surface area contributed by atoms with Gasteiger partial charge < -0.3 is 4.74 Å². The molecule has 3 aromatic heterocycles. The predicted octanol–water partition coefficient (Wildman–Crippen LogP) is 4.40. The Morgan fingerprint density at radius 1 is 0.963 bits per heavy atom. The van der Waals surface area contributed by atoms with Crippen LogP contribution in [0.2, 0.25) is 0 Å². The summed E-state index contributed by atoms with van der Waals surface area (Å²) in [5.41, 5.74) is 3.71. The van der Waals surface area contributed by atoms with E-state index in [0.29, 0.717) is 17.9 Å². The summed E-state index contributed by atoms with van der Waals surface area (Å²) in [7, 11) is 1.86. The summed E-state index contributed by atoms with van der Waals surface area (Å²) < 4.78 is 20.7. The molecule has 0 saturated carbocycles. The van der Waals surface area contributed by atoms with Gasteiger partial charge in [0.05, 0.1) is 18.1 Å². The van der Waals surface area contributed by atoms with Crippen LogP contribution >= 0.6 is 0 Å². The largest absolute Gasteiger partial charge is 0.456 e. The Hall–Kier alpha value is -3.54. The van der Waals surface area contributed by atoms with Crippen LogP contribution in [-0.4, -0.2) is 19.7 Å². The van der Waals surface area contributed by atoms with E-state index in [1.807, 2.05) is 25.4 Å². The molecule has 5 nitrogen and oxygen atoms in total. The van der Waals surface area contributed by atoms with E-state index < -0.39 is 0 Å². The third-order valence-corrected chi connectivity index (χ3v) is 4.06. The molecule has 3 heterocycles. The van der Waals surface area contributed by atoms with Crippen LogP contribution in [0.1, 0.15) is 11.1 Å². The van der Waals surface area contributed by atoms with E-state index in [1.165, 1.54) is 12.1 Å². The molecule has 6 heteroatoms. The minimum atomic E-state index is -0.240. The third-order valence-electron chi connectivity index (χ3n) is 4.06. The Bertz CT molecular complexity index is 1060. The maximum absolute atomic E-state index is 13.0. The Balaban J connectivity index is 1.52. The molecule has 0 aliphatic rings. The number of hydrogen-bond acceptors (Lipinski definition) is 4. The first-order valence-corrected chi connectivity index (χ1v) is 8.47. The van der Waals surface area contributed by atoms with Crippen LogP contribution in [0, 0.1) is 5.82 Å². The van der Waals surface area contributed by atoms with Crippen molar-refractivity contribution in [2.24, 2.45) is 7.05 Å². The second-order valence-corrected chi connectivity index (χ2v) is 6.21. The van der Waals surface area contributed by atoms with Crippen LogP contribution in [-0.2, 0) is 13.5 Å². The van der Waals surface area contributed by atoms with Gasteiger partial charge in [-0.05, 0) is 41.8 Å². The molecule has 4 aromatic rings. The minimum Gasteiger partial charge on any atom is -0.456 e. The molecule has 0 atom stereocenters. The molecule has 0 spiro atoms. The van der Waals surface area contributed by atoms with Gasteiger partial charge in [0, 0.05) is 37.3 Å². The lowest BCUT2D eigenvalue weighted by atomic mass is 10.1. The fourth-order valence-electron chi connectivity index (χ4n) is 2.78. The predicted molar refractivity (Wildman–Crippen MR) is 100.0 cm³/mol. The van der Waals surface area contributed by atoms with Gasteiger partial charge in [-0.15, -0.1) is 0 Å². The van der Waals surface area contributed by atoms with E-state index >= 15 is 0 Å². The van der Waals surface area contributed by atoms with Crippen LogP contribution in [0.25, 0.3) is 11.3 Å². The molecule has 27 heavy (non-hydrogen) atoms. The van der Waals surface area contributed by atoms with Gasteiger partial charge in [-0.1, -0.05) is 12.1 Å². The van der Waals surface area contributed by atoms with Crippen molar-refractivity contribution in [2.45, 2.75) is 6.42 Å². The molecule has 0 unspecified atom stereocenters. The Morgan fingerprint density at radius 2 is 1.81 bits per heavy atom. The summed E-state index contributed by atoms with van der Waals surface area (Å²) in [6.45, 7) is 0. The molecule has 0 radical (unpaired) electrons. The Labute approximate surface area is 156 Å². The Morgan fingerprint density at radius 3 is 2.59 bits per heavy atom. The number of ether oxygens (including phenoxy) is 1. The SMILES string of the molecule is Cn1cc(-c2cc(Oc3cncc(Cc4ccc(F)cc4)c3)ccn2)cn1. The summed E-state index contributed by atoms with van der Waals surface area (Å²) >= 11 is 0. The summed E-state index contributed by atoms with van der Waals surface area (Å²) in [4.78, 5) is 8.62. The van der Waals surface area contributed by atoms with Crippen molar-refractivity contribution in [3.8, 4) is 22.8 Å². The Kier molecular flexibility index (Phi) is 4.61. The second kappa shape index (κ2) is 7.37. The zero-order chi connectivity index (χ0) is 18.6. The summed E-state index contributed by atoms with van der Waals surface area (Å²) in [5.74, 6) is 1.07. The maximum Gasteiger partial charge on any atom is 0.145 e. The number of halogens is 1. The molecule has 0 N–H and O–H groups in total. The van der Waals surface area contributed by atoms with Gasteiger partial charge in [0.15, 0.2) is 0 Å². The summed E-state index contributed by atoms with van der Waals surface area (Å²) in [5, 5.41) is 4.17. The van der Waals surface area contributed by atoms with Crippen LogP contribution in [0.4, 0.5) is 4.39 Å². The fraction of sp³-hybridized carbons (Fsp3) is 0.0952. The van der Waals surface area contributed by atoms with Gasteiger partial charge in [-0.2, -0.15) is 5.10 Å². The second-order valence-electron chi connectivity index (χ2n) is 6.21. The van der Waals surface area contributed by atoms with Crippen molar-refractivity contribution < 1.29 is 9.13 Å². The van der Waals surface area contributed by atoms with E-state index in [2.05, 4.69) is 15.1 Å². The van der Waals surface area contributed by atoms with Crippen molar-refractivity contribution in [1.82, 2.24) is 19.7 Å². The standard InChI is InChI=1S/C21H17FN4O/c1-26-14-17(12-25-26)21-10-19(6-7-24-21)27-20-9-16(11-23-13-20)8-15-2-4-18(22)5-3-15/h2-7,9-14H,8H2,1H3. The molecule has 1 aromatic carbocycles. The molecule has 0 aliphatic carbocycles. The lowest BCUT2D eigenvalue weighted by Gasteiger charge is -2.08. The van der Waals surface area contributed by atoms with Gasteiger partial charge in [-0.25, -0.2) is 4.39 Å². The highest BCUT2D eigenvalue weighted by molar-refractivity contribution is 5.58. The third kappa shape index (κ3) is 4.17. The van der Waals surface area contributed by atoms with E-state index in [0.717, 1.165) is 22.4 Å². The average molecular weight is 360 g/mol. The molecule has 4 rings (SSSR count). The normalized spacial score (nSPS) is 10.7. The van der Waals surface area contributed by atoms with Crippen LogP contribution in [0.5, 0.6) is 11.5 Å². The zero-order valence-electron chi connectivity index (χ0n) is 14.7. The van der Waals surface area contributed by atoms with Crippen molar-refractivity contribution >= 4 is 0 Å². The number of pyridine rings is 2. The fourth-order valence-corrected chi connectivity index (χ4v) is 2.78. The molecule has 0 bridgehead atoms. The zero-order valence-corrected chi connectivity index (χ0v) is 14.7. The van der Waals surface area contributed by atoms with Crippen molar-refractivity contribution in [1.29, 1.82) is 0 Å². The van der Waals surface area contributed by atoms with Gasteiger partial charge >= 0.3 is 0 Å². The van der Waals surface area contributed by atoms with E-state index in [-0.39, 0.29) is 5.82 Å². The molecule has 0 saturated heterocycles. The van der Waals surface area contributed by atoms with Crippen molar-refractivity contribution in [3.05, 3.63) is 90.4 Å². The molecular weight excluding hydrogens is 343 g/mol. The quantitative estimate of drug-likeness (QED) is 0.529. The molecular formula is C21H17FN4O. The van der Waals surface area contributed by atoms with Gasteiger partial charge in [-0.3, -0.25) is 14.6 Å². The highest BCUT2D eigenvalue weighted by Gasteiger charge is 2.06. The van der Waals surface area contributed by atoms with E-state index in [1.54, 1.807) is 47.7 Å². The lowest BCUT2D eigenvalue weighted by Crippen LogP contribution is -1.93. The topological polar surface area (TPSA) is 52.8 Å². The van der Waals surface area contributed by atoms with E-state index in [4.69, 9.17) is 4.74 Å². The van der Waals surface area contributed by atoms with Crippen molar-refractivity contribution in [2.75, 3.05) is 0 Å². The molecule has 0 fully saturated rings. The molecule has 134 valence electrons. The number of hydrogen-bond donors (Lipinski definition) is 0. The summed E-state index contributed by atoms with van der Waals surface area (Å²) in [6, 6.07) is 12.1. The van der Waals surface area contributed by atoms with Crippen LogP contribution < -0.4 is 4.74 Å². The average Bonchev–Trinajstić information content (AvgIpc) is 3.11. The first kappa shape index (κ1) is 16.9. The highest BCUT2D eigenvalue weighted by atomic mass is 19.1.